The number of hydrogen-bond donors (Lipinski definition) is 1. The van der Waals surface area contributed by atoms with Crippen molar-refractivity contribution in [3.63, 3.8) is 0 Å². The molecule has 0 radical (unpaired) electrons. The maximum Gasteiger partial charge on any atom is 0.0699 e. The zero-order valence-corrected chi connectivity index (χ0v) is 7.18. The van der Waals surface area contributed by atoms with Crippen molar-refractivity contribution in [2.75, 3.05) is 20.2 Å². The van der Waals surface area contributed by atoms with Gasteiger partial charge in [0.05, 0.1) is 6.10 Å². The number of terminal acetylenes is 1. The van der Waals surface area contributed by atoms with Crippen LogP contribution in [0.15, 0.2) is 0 Å². The van der Waals surface area contributed by atoms with Crippen LogP contribution < -0.4 is 5.32 Å². The number of hydrogen-bond acceptors (Lipinski definition) is 2. The Bertz CT molecular complexity index is 92.2. The van der Waals surface area contributed by atoms with Crippen LogP contribution >= 0.6 is 0 Å². The first-order chi connectivity index (χ1) is 5.43. The molecule has 1 heterocycles. The van der Waals surface area contributed by atoms with Crippen molar-refractivity contribution in [3.05, 3.63) is 0 Å². The van der Waals surface area contributed by atoms with Gasteiger partial charge in [0.15, 0.2) is 0 Å². The summed E-state index contributed by atoms with van der Waals surface area (Å²) in [5, 5.41) is 3.11. The van der Waals surface area contributed by atoms with E-state index in [9.17, 15) is 0 Å². The lowest BCUT2D eigenvalue weighted by molar-refractivity contribution is 0.0181. The van der Waals surface area contributed by atoms with E-state index in [-0.39, 0.29) is 0 Å². The first-order valence-electron chi connectivity index (χ1n) is 4.03. The molecule has 0 bridgehead atoms. The fraction of sp³-hybridized carbons (Fsp3) is 0.778. The molecule has 0 amide bonds. The molecule has 0 aromatic heterocycles. The van der Waals surface area contributed by atoms with Crippen LogP contribution in [0.25, 0.3) is 0 Å². The number of rotatable bonds is 2. The molecule has 1 N–H and O–H groups in total. The SMILES string of the molecule is C#C.CNC[C@@H]1CCCCO1. The van der Waals surface area contributed by atoms with Gasteiger partial charge in [0.1, 0.15) is 0 Å². The van der Waals surface area contributed by atoms with E-state index in [4.69, 9.17) is 4.74 Å². The topological polar surface area (TPSA) is 21.3 Å². The third-order valence-electron chi connectivity index (χ3n) is 1.71. The monoisotopic (exact) mass is 155 g/mol. The van der Waals surface area contributed by atoms with Crippen LogP contribution in [0.3, 0.4) is 0 Å². The zero-order chi connectivity index (χ0) is 8.53. The molecule has 0 unspecified atom stereocenters. The molecule has 0 saturated carbocycles. The second-order valence-corrected chi connectivity index (χ2v) is 2.55. The molecule has 1 aliphatic heterocycles. The van der Waals surface area contributed by atoms with Gasteiger partial charge in [0.25, 0.3) is 0 Å². The summed E-state index contributed by atoms with van der Waals surface area (Å²) < 4.78 is 5.46. The van der Waals surface area contributed by atoms with Crippen molar-refractivity contribution in [1.29, 1.82) is 0 Å². The second kappa shape index (κ2) is 7.59. The Hall–Kier alpha value is -0.520. The van der Waals surface area contributed by atoms with Crippen molar-refractivity contribution in [2.45, 2.75) is 25.4 Å². The molecule has 2 nitrogen and oxygen atoms in total. The summed E-state index contributed by atoms with van der Waals surface area (Å²) in [7, 11) is 1.97. The van der Waals surface area contributed by atoms with Gasteiger partial charge in [-0.15, -0.1) is 12.8 Å². The fourth-order valence-corrected chi connectivity index (χ4v) is 1.20. The quantitative estimate of drug-likeness (QED) is 0.601. The molecule has 0 aromatic rings. The first kappa shape index (κ1) is 10.5. The molecule has 11 heavy (non-hydrogen) atoms. The molecule has 1 saturated heterocycles. The molecular weight excluding hydrogens is 138 g/mol. The molecule has 0 spiro atoms. The van der Waals surface area contributed by atoms with Gasteiger partial charge in [0, 0.05) is 13.2 Å². The van der Waals surface area contributed by atoms with Gasteiger partial charge >= 0.3 is 0 Å². The number of ether oxygens (including phenoxy) is 1. The summed E-state index contributed by atoms with van der Waals surface area (Å²) in [4.78, 5) is 0. The summed E-state index contributed by atoms with van der Waals surface area (Å²) in [5.74, 6) is 0. The van der Waals surface area contributed by atoms with Crippen LogP contribution in [0.5, 0.6) is 0 Å². The van der Waals surface area contributed by atoms with E-state index >= 15 is 0 Å². The Morgan fingerprint density at radius 2 is 2.18 bits per heavy atom. The molecule has 0 aromatic carbocycles. The highest BCUT2D eigenvalue weighted by Crippen LogP contribution is 2.10. The maximum absolute atomic E-state index is 5.46. The van der Waals surface area contributed by atoms with E-state index < -0.39 is 0 Å². The van der Waals surface area contributed by atoms with E-state index in [1.807, 2.05) is 7.05 Å². The average molecular weight is 155 g/mol. The molecular formula is C9H17NO. The number of nitrogens with one attached hydrogen (secondary N) is 1. The molecule has 0 aliphatic carbocycles. The minimum atomic E-state index is 0.490. The van der Waals surface area contributed by atoms with Crippen LogP contribution in [0.2, 0.25) is 0 Å². The van der Waals surface area contributed by atoms with Gasteiger partial charge in [0.2, 0.25) is 0 Å². The lowest BCUT2D eigenvalue weighted by Gasteiger charge is -2.21. The third kappa shape index (κ3) is 4.83. The molecule has 64 valence electrons. The van der Waals surface area contributed by atoms with Gasteiger partial charge in [-0.05, 0) is 26.3 Å². The Morgan fingerprint density at radius 1 is 1.45 bits per heavy atom. The van der Waals surface area contributed by atoms with E-state index in [1.165, 1.54) is 19.3 Å². The minimum Gasteiger partial charge on any atom is -0.377 e. The summed E-state index contributed by atoms with van der Waals surface area (Å²) in [5.41, 5.74) is 0. The minimum absolute atomic E-state index is 0.490. The van der Waals surface area contributed by atoms with Gasteiger partial charge in [-0.2, -0.15) is 0 Å². The van der Waals surface area contributed by atoms with Crippen LogP contribution in [0, 0.1) is 12.8 Å². The zero-order valence-electron chi connectivity index (χ0n) is 7.18. The van der Waals surface area contributed by atoms with Crippen molar-refractivity contribution >= 4 is 0 Å². The third-order valence-corrected chi connectivity index (χ3v) is 1.71. The van der Waals surface area contributed by atoms with Crippen molar-refractivity contribution in [3.8, 4) is 12.8 Å². The van der Waals surface area contributed by atoms with Crippen LogP contribution in [-0.4, -0.2) is 26.3 Å². The fourth-order valence-electron chi connectivity index (χ4n) is 1.20. The highest BCUT2D eigenvalue weighted by Gasteiger charge is 2.11. The Kier molecular flexibility index (Phi) is 7.23. The Balaban J connectivity index is 0.000000461. The van der Waals surface area contributed by atoms with Gasteiger partial charge < -0.3 is 10.1 Å². The summed E-state index contributed by atoms with van der Waals surface area (Å²) in [6.45, 7) is 1.98. The van der Waals surface area contributed by atoms with Crippen LogP contribution in [0.1, 0.15) is 19.3 Å². The van der Waals surface area contributed by atoms with Crippen molar-refractivity contribution < 1.29 is 4.74 Å². The summed E-state index contributed by atoms with van der Waals surface area (Å²) in [6.07, 6.45) is 12.3. The molecule has 1 aliphatic rings. The summed E-state index contributed by atoms with van der Waals surface area (Å²) in [6, 6.07) is 0. The van der Waals surface area contributed by atoms with Gasteiger partial charge in [-0.3, -0.25) is 0 Å². The predicted molar refractivity (Wildman–Crippen MR) is 47.4 cm³/mol. The van der Waals surface area contributed by atoms with Crippen molar-refractivity contribution in [1.82, 2.24) is 5.32 Å². The molecule has 1 atom stereocenters. The predicted octanol–water partition coefficient (Wildman–Crippen LogP) is 1.02. The van der Waals surface area contributed by atoms with E-state index in [0.29, 0.717) is 6.10 Å². The maximum atomic E-state index is 5.46. The van der Waals surface area contributed by atoms with Crippen LogP contribution in [-0.2, 0) is 4.74 Å². The standard InChI is InChI=1S/C7H15NO.C2H2/c1-8-6-7-4-2-3-5-9-7;1-2/h7-8H,2-6H2,1H3;1-2H/t7-;/m0./s1. The van der Waals surface area contributed by atoms with Crippen molar-refractivity contribution in [2.24, 2.45) is 0 Å². The van der Waals surface area contributed by atoms with E-state index in [1.54, 1.807) is 0 Å². The first-order valence-corrected chi connectivity index (χ1v) is 4.03. The lowest BCUT2D eigenvalue weighted by Crippen LogP contribution is -2.29. The Labute approximate surface area is 69.3 Å². The lowest BCUT2D eigenvalue weighted by atomic mass is 10.1. The average Bonchev–Trinajstić information content (AvgIpc) is 2.11. The molecule has 1 rings (SSSR count). The second-order valence-electron chi connectivity index (χ2n) is 2.55. The largest absolute Gasteiger partial charge is 0.377 e. The van der Waals surface area contributed by atoms with E-state index in [2.05, 4.69) is 18.2 Å². The smallest absolute Gasteiger partial charge is 0.0699 e. The highest BCUT2D eigenvalue weighted by molar-refractivity contribution is 4.64. The summed E-state index contributed by atoms with van der Waals surface area (Å²) >= 11 is 0. The molecule has 1 fully saturated rings. The number of likely N-dealkylation sites (N-methyl/N-ethyl adjacent to an activating group) is 1. The normalized spacial score (nSPS) is 23.4. The Morgan fingerprint density at radius 3 is 2.64 bits per heavy atom. The molecule has 2 heteroatoms. The van der Waals surface area contributed by atoms with E-state index in [0.717, 1.165) is 13.2 Å². The van der Waals surface area contributed by atoms with Crippen LogP contribution in [0.4, 0.5) is 0 Å². The van der Waals surface area contributed by atoms with Gasteiger partial charge in [-0.1, -0.05) is 0 Å². The van der Waals surface area contributed by atoms with Gasteiger partial charge in [-0.25, -0.2) is 0 Å². The highest BCUT2D eigenvalue weighted by atomic mass is 16.5.